The van der Waals surface area contributed by atoms with E-state index in [4.69, 9.17) is 9.84 Å². The molecule has 6 heteroatoms. The molecule has 2 N–H and O–H groups in total. The average molecular weight is 280 g/mol. The van der Waals surface area contributed by atoms with Gasteiger partial charge in [0.1, 0.15) is 0 Å². The van der Waals surface area contributed by atoms with Crippen molar-refractivity contribution in [2.75, 3.05) is 40.4 Å². The maximum absolute atomic E-state index is 11.8. The van der Waals surface area contributed by atoms with E-state index in [0.29, 0.717) is 25.3 Å². The summed E-state index contributed by atoms with van der Waals surface area (Å²) in [5.41, 5.74) is 0.429. The number of ether oxygens (including phenoxy) is 1. The third-order valence-corrected chi connectivity index (χ3v) is 2.59. The van der Waals surface area contributed by atoms with Gasteiger partial charge in [0, 0.05) is 18.7 Å². The van der Waals surface area contributed by atoms with Crippen LogP contribution in [-0.4, -0.2) is 62.3 Å². The van der Waals surface area contributed by atoms with Crippen LogP contribution in [0.25, 0.3) is 0 Å². The average Bonchev–Trinajstić information content (AvgIpc) is 2.42. The van der Waals surface area contributed by atoms with Crippen LogP contribution in [-0.2, 0) is 4.74 Å². The summed E-state index contributed by atoms with van der Waals surface area (Å²) >= 11 is 0. The van der Waals surface area contributed by atoms with E-state index in [1.165, 1.54) is 12.1 Å². The summed E-state index contributed by atoms with van der Waals surface area (Å²) in [6, 6.07) is 5.93. The van der Waals surface area contributed by atoms with Crippen LogP contribution in [0.4, 0.5) is 0 Å². The quantitative estimate of drug-likeness (QED) is 0.685. The van der Waals surface area contributed by atoms with Crippen molar-refractivity contribution >= 4 is 11.9 Å². The largest absolute Gasteiger partial charge is 0.478 e. The van der Waals surface area contributed by atoms with E-state index in [1.54, 1.807) is 12.1 Å². The Kier molecular flexibility index (Phi) is 6.69. The molecule has 0 aliphatic rings. The SMILES string of the molecule is CN(C)CCOCCNC(=O)c1cccc(C(=O)O)c1. The van der Waals surface area contributed by atoms with Gasteiger partial charge in [-0.05, 0) is 32.3 Å². The zero-order valence-electron chi connectivity index (χ0n) is 11.8. The molecule has 0 spiro atoms. The first kappa shape index (κ1) is 16.1. The van der Waals surface area contributed by atoms with Gasteiger partial charge >= 0.3 is 5.97 Å². The second kappa shape index (κ2) is 8.29. The van der Waals surface area contributed by atoms with Crippen molar-refractivity contribution < 1.29 is 19.4 Å². The monoisotopic (exact) mass is 280 g/mol. The Morgan fingerprint density at radius 3 is 2.60 bits per heavy atom. The third-order valence-electron chi connectivity index (χ3n) is 2.59. The van der Waals surface area contributed by atoms with Gasteiger partial charge in [0.05, 0.1) is 18.8 Å². The van der Waals surface area contributed by atoms with E-state index in [-0.39, 0.29) is 11.5 Å². The maximum Gasteiger partial charge on any atom is 0.335 e. The number of carboxylic acids is 1. The van der Waals surface area contributed by atoms with Crippen molar-refractivity contribution in [3.63, 3.8) is 0 Å². The summed E-state index contributed by atoms with van der Waals surface area (Å²) in [7, 11) is 3.92. The van der Waals surface area contributed by atoms with Crippen LogP contribution in [0.5, 0.6) is 0 Å². The summed E-state index contributed by atoms with van der Waals surface area (Å²) in [6.45, 7) is 2.26. The zero-order valence-corrected chi connectivity index (χ0v) is 11.8. The first-order chi connectivity index (χ1) is 9.50. The molecule has 1 aromatic carbocycles. The van der Waals surface area contributed by atoms with E-state index in [1.807, 2.05) is 19.0 Å². The number of hydrogen-bond donors (Lipinski definition) is 2. The molecule has 6 nitrogen and oxygen atoms in total. The summed E-state index contributed by atoms with van der Waals surface area (Å²) < 4.78 is 5.34. The van der Waals surface area contributed by atoms with Crippen LogP contribution in [0.2, 0.25) is 0 Å². The normalized spacial score (nSPS) is 10.6. The van der Waals surface area contributed by atoms with Crippen LogP contribution < -0.4 is 5.32 Å². The molecule has 1 rings (SSSR count). The van der Waals surface area contributed by atoms with Gasteiger partial charge in [-0.25, -0.2) is 4.79 Å². The van der Waals surface area contributed by atoms with Crippen molar-refractivity contribution in [3.05, 3.63) is 35.4 Å². The highest BCUT2D eigenvalue weighted by Crippen LogP contribution is 2.05. The minimum Gasteiger partial charge on any atom is -0.478 e. The van der Waals surface area contributed by atoms with Crippen LogP contribution in [0.15, 0.2) is 24.3 Å². The number of benzene rings is 1. The Balaban J connectivity index is 2.32. The molecular weight excluding hydrogens is 260 g/mol. The van der Waals surface area contributed by atoms with Crippen LogP contribution in [0.1, 0.15) is 20.7 Å². The first-order valence-electron chi connectivity index (χ1n) is 6.34. The van der Waals surface area contributed by atoms with Crippen molar-refractivity contribution in [1.29, 1.82) is 0 Å². The van der Waals surface area contributed by atoms with Crippen LogP contribution >= 0.6 is 0 Å². The minimum atomic E-state index is -1.05. The van der Waals surface area contributed by atoms with Gasteiger partial charge < -0.3 is 20.1 Å². The molecule has 110 valence electrons. The highest BCUT2D eigenvalue weighted by Gasteiger charge is 2.08. The number of amides is 1. The minimum absolute atomic E-state index is 0.0971. The van der Waals surface area contributed by atoms with E-state index in [2.05, 4.69) is 5.32 Å². The highest BCUT2D eigenvalue weighted by molar-refractivity contribution is 5.97. The molecule has 0 aromatic heterocycles. The van der Waals surface area contributed by atoms with Gasteiger partial charge in [0.25, 0.3) is 5.91 Å². The Morgan fingerprint density at radius 2 is 1.95 bits per heavy atom. The first-order valence-corrected chi connectivity index (χ1v) is 6.34. The van der Waals surface area contributed by atoms with E-state index < -0.39 is 5.97 Å². The van der Waals surface area contributed by atoms with Crippen molar-refractivity contribution in [2.24, 2.45) is 0 Å². The topological polar surface area (TPSA) is 78.9 Å². The Labute approximate surface area is 118 Å². The van der Waals surface area contributed by atoms with Gasteiger partial charge in [0.15, 0.2) is 0 Å². The van der Waals surface area contributed by atoms with Crippen LogP contribution in [0.3, 0.4) is 0 Å². The van der Waals surface area contributed by atoms with E-state index in [9.17, 15) is 9.59 Å². The summed E-state index contributed by atoms with van der Waals surface area (Å²) in [4.78, 5) is 24.6. The van der Waals surface area contributed by atoms with Gasteiger partial charge in [-0.3, -0.25) is 4.79 Å². The fourth-order valence-corrected chi connectivity index (χ4v) is 1.48. The molecule has 0 fully saturated rings. The zero-order chi connectivity index (χ0) is 15.0. The molecule has 0 aliphatic heterocycles. The second-order valence-electron chi connectivity index (χ2n) is 4.56. The van der Waals surface area contributed by atoms with E-state index in [0.717, 1.165) is 6.54 Å². The van der Waals surface area contributed by atoms with Crippen molar-refractivity contribution in [2.45, 2.75) is 0 Å². The Bertz CT molecular complexity index is 460. The number of likely N-dealkylation sites (N-methyl/N-ethyl adjacent to an activating group) is 1. The van der Waals surface area contributed by atoms with Crippen molar-refractivity contribution in [1.82, 2.24) is 10.2 Å². The number of hydrogen-bond acceptors (Lipinski definition) is 4. The fraction of sp³-hybridized carbons (Fsp3) is 0.429. The summed E-state index contributed by atoms with van der Waals surface area (Å²) in [5.74, 6) is -1.35. The predicted molar refractivity (Wildman–Crippen MR) is 75.1 cm³/mol. The second-order valence-corrected chi connectivity index (χ2v) is 4.56. The molecule has 0 bridgehead atoms. The number of aromatic carboxylic acids is 1. The van der Waals surface area contributed by atoms with E-state index >= 15 is 0 Å². The third kappa shape index (κ3) is 5.81. The Hall–Kier alpha value is -1.92. The lowest BCUT2D eigenvalue weighted by Gasteiger charge is -2.10. The molecule has 20 heavy (non-hydrogen) atoms. The fourth-order valence-electron chi connectivity index (χ4n) is 1.48. The molecule has 0 unspecified atom stereocenters. The number of carboxylic acid groups (broad SMARTS) is 1. The van der Waals surface area contributed by atoms with Gasteiger partial charge in [0.2, 0.25) is 0 Å². The molecule has 0 radical (unpaired) electrons. The molecule has 0 aliphatic carbocycles. The van der Waals surface area contributed by atoms with Gasteiger partial charge in [-0.2, -0.15) is 0 Å². The summed E-state index contributed by atoms with van der Waals surface area (Å²) in [6.07, 6.45) is 0. The number of nitrogens with one attached hydrogen (secondary N) is 1. The molecule has 0 saturated heterocycles. The number of carbonyl (C=O) groups is 2. The van der Waals surface area contributed by atoms with Crippen molar-refractivity contribution in [3.8, 4) is 0 Å². The summed E-state index contributed by atoms with van der Waals surface area (Å²) in [5, 5.41) is 11.5. The lowest BCUT2D eigenvalue weighted by molar-refractivity contribution is 0.0697. The maximum atomic E-state index is 11.8. The smallest absolute Gasteiger partial charge is 0.335 e. The standard InChI is InChI=1S/C14H20N2O4/c1-16(2)7-9-20-8-6-15-13(17)11-4-3-5-12(10-11)14(18)19/h3-5,10H,6-9H2,1-2H3,(H,15,17)(H,18,19). The molecule has 0 atom stereocenters. The number of nitrogens with zero attached hydrogens (tertiary/aromatic N) is 1. The molecule has 1 aromatic rings. The molecule has 0 heterocycles. The highest BCUT2D eigenvalue weighted by atomic mass is 16.5. The number of rotatable bonds is 8. The lowest BCUT2D eigenvalue weighted by atomic mass is 10.1. The van der Waals surface area contributed by atoms with Gasteiger partial charge in [-0.15, -0.1) is 0 Å². The molecular formula is C14H20N2O4. The molecule has 0 saturated carbocycles. The van der Waals surface area contributed by atoms with Crippen LogP contribution in [0, 0.1) is 0 Å². The number of carbonyl (C=O) groups excluding carboxylic acids is 1. The molecule has 1 amide bonds. The van der Waals surface area contributed by atoms with Gasteiger partial charge in [-0.1, -0.05) is 6.07 Å². The lowest BCUT2D eigenvalue weighted by Crippen LogP contribution is -2.28. The predicted octanol–water partition coefficient (Wildman–Crippen LogP) is 0.693. The Morgan fingerprint density at radius 1 is 1.25 bits per heavy atom.